The van der Waals surface area contributed by atoms with E-state index in [2.05, 4.69) is 12.1 Å². The predicted molar refractivity (Wildman–Crippen MR) is 96.9 cm³/mol. The summed E-state index contributed by atoms with van der Waals surface area (Å²) in [7, 11) is 3.30. The topological polar surface area (TPSA) is 36.9 Å². The van der Waals surface area contributed by atoms with Crippen molar-refractivity contribution >= 4 is 21.5 Å². The highest BCUT2D eigenvalue weighted by Crippen LogP contribution is 2.46. The zero-order valence-electron chi connectivity index (χ0n) is 14.5. The van der Waals surface area contributed by atoms with Gasteiger partial charge in [-0.05, 0) is 36.8 Å². The van der Waals surface area contributed by atoms with Crippen LogP contribution >= 0.6 is 0 Å². The lowest BCUT2D eigenvalue weighted by atomic mass is 9.99. The van der Waals surface area contributed by atoms with Crippen molar-refractivity contribution < 1.29 is 18.9 Å². The highest BCUT2D eigenvalue weighted by atomic mass is 16.5. The van der Waals surface area contributed by atoms with Gasteiger partial charge in [0.15, 0.2) is 23.0 Å². The van der Waals surface area contributed by atoms with Gasteiger partial charge in [-0.3, -0.25) is 0 Å². The fourth-order valence-electron chi connectivity index (χ4n) is 3.03. The summed E-state index contributed by atoms with van der Waals surface area (Å²) in [5.74, 6) is 2.89. The molecule has 0 fully saturated rings. The van der Waals surface area contributed by atoms with E-state index in [0.29, 0.717) is 24.7 Å². The first-order valence-corrected chi connectivity index (χ1v) is 8.11. The Bertz CT molecular complexity index is 798. The van der Waals surface area contributed by atoms with Gasteiger partial charge in [-0.1, -0.05) is 24.3 Å². The van der Waals surface area contributed by atoms with Crippen molar-refractivity contribution in [2.75, 3.05) is 27.4 Å². The second kappa shape index (κ2) is 6.87. The minimum Gasteiger partial charge on any atom is -0.493 e. The van der Waals surface area contributed by atoms with Crippen molar-refractivity contribution in [2.45, 2.75) is 13.8 Å². The molecule has 126 valence electrons. The van der Waals surface area contributed by atoms with Gasteiger partial charge in [0.2, 0.25) is 0 Å². The Morgan fingerprint density at radius 1 is 0.625 bits per heavy atom. The average molecular weight is 326 g/mol. The number of ether oxygens (including phenoxy) is 4. The smallest absolute Gasteiger partial charge is 0.169 e. The zero-order valence-corrected chi connectivity index (χ0v) is 14.5. The third-order valence-corrected chi connectivity index (χ3v) is 4.02. The Hall–Kier alpha value is -2.62. The molecule has 0 aromatic heterocycles. The van der Waals surface area contributed by atoms with Crippen LogP contribution in [0.25, 0.3) is 21.5 Å². The monoisotopic (exact) mass is 326 g/mol. The molecule has 0 atom stereocenters. The Balaban J connectivity index is 2.50. The first kappa shape index (κ1) is 16.2. The van der Waals surface area contributed by atoms with Crippen LogP contribution in [0.15, 0.2) is 36.4 Å². The standard InChI is InChI=1S/C20H22O4/c1-5-23-19-15(21-3)11-9-13-7-8-14-10-12-16(22-4)20(24-6-2)18(14)17(13)19/h7-12H,5-6H2,1-4H3. The summed E-state index contributed by atoms with van der Waals surface area (Å²) in [6.45, 7) is 5.04. The van der Waals surface area contributed by atoms with Crippen LogP contribution in [-0.4, -0.2) is 27.4 Å². The molecule has 0 heterocycles. The molecule has 0 amide bonds. The molecule has 0 N–H and O–H groups in total. The first-order valence-electron chi connectivity index (χ1n) is 8.11. The van der Waals surface area contributed by atoms with Crippen LogP contribution < -0.4 is 18.9 Å². The van der Waals surface area contributed by atoms with Gasteiger partial charge < -0.3 is 18.9 Å². The van der Waals surface area contributed by atoms with E-state index in [9.17, 15) is 0 Å². The summed E-state index contributed by atoms with van der Waals surface area (Å²) in [5.41, 5.74) is 0. The van der Waals surface area contributed by atoms with Crippen LogP contribution in [0.3, 0.4) is 0 Å². The number of fused-ring (bicyclic) bond motifs is 3. The van der Waals surface area contributed by atoms with Crippen molar-refractivity contribution in [2.24, 2.45) is 0 Å². The number of methoxy groups -OCH3 is 2. The predicted octanol–water partition coefficient (Wildman–Crippen LogP) is 4.81. The molecular weight excluding hydrogens is 304 g/mol. The van der Waals surface area contributed by atoms with Gasteiger partial charge in [-0.25, -0.2) is 0 Å². The third kappa shape index (κ3) is 2.58. The van der Waals surface area contributed by atoms with Crippen LogP contribution in [0, 0.1) is 0 Å². The van der Waals surface area contributed by atoms with Crippen LogP contribution in [-0.2, 0) is 0 Å². The fraction of sp³-hybridized carbons (Fsp3) is 0.300. The van der Waals surface area contributed by atoms with Crippen LogP contribution in [0.2, 0.25) is 0 Å². The molecule has 0 bridgehead atoms. The van der Waals surface area contributed by atoms with Gasteiger partial charge in [0, 0.05) is 10.8 Å². The molecule has 0 unspecified atom stereocenters. The molecule has 4 heteroatoms. The van der Waals surface area contributed by atoms with E-state index in [-0.39, 0.29) is 0 Å². The van der Waals surface area contributed by atoms with E-state index < -0.39 is 0 Å². The average Bonchev–Trinajstić information content (AvgIpc) is 2.62. The number of hydrogen-bond donors (Lipinski definition) is 0. The fourth-order valence-corrected chi connectivity index (χ4v) is 3.03. The second-order valence-electron chi connectivity index (χ2n) is 5.32. The maximum Gasteiger partial charge on any atom is 0.169 e. The van der Waals surface area contributed by atoms with E-state index in [1.807, 2.05) is 38.1 Å². The Kier molecular flexibility index (Phi) is 4.65. The van der Waals surface area contributed by atoms with Crippen LogP contribution in [0.5, 0.6) is 23.0 Å². The maximum atomic E-state index is 5.93. The summed E-state index contributed by atoms with van der Waals surface area (Å²) >= 11 is 0. The summed E-state index contributed by atoms with van der Waals surface area (Å²) in [6, 6.07) is 12.1. The van der Waals surface area contributed by atoms with Crippen LogP contribution in [0.1, 0.15) is 13.8 Å². The molecule has 0 aliphatic rings. The molecular formula is C20H22O4. The van der Waals surface area contributed by atoms with Gasteiger partial charge in [-0.15, -0.1) is 0 Å². The largest absolute Gasteiger partial charge is 0.493 e. The number of benzene rings is 3. The Labute approximate surface area is 141 Å². The summed E-state index contributed by atoms with van der Waals surface area (Å²) in [6.07, 6.45) is 0. The van der Waals surface area contributed by atoms with E-state index in [1.54, 1.807) is 14.2 Å². The van der Waals surface area contributed by atoms with E-state index >= 15 is 0 Å². The lowest BCUT2D eigenvalue weighted by Crippen LogP contribution is -1.99. The molecule has 4 nitrogen and oxygen atoms in total. The minimum absolute atomic E-state index is 0.555. The molecule has 0 aliphatic carbocycles. The van der Waals surface area contributed by atoms with E-state index in [4.69, 9.17) is 18.9 Å². The molecule has 0 saturated heterocycles. The lowest BCUT2D eigenvalue weighted by Gasteiger charge is -2.17. The molecule has 0 spiro atoms. The molecule has 3 rings (SSSR count). The van der Waals surface area contributed by atoms with Crippen molar-refractivity contribution in [3.63, 3.8) is 0 Å². The molecule has 0 aliphatic heterocycles. The van der Waals surface area contributed by atoms with Gasteiger partial charge in [-0.2, -0.15) is 0 Å². The zero-order chi connectivity index (χ0) is 17.1. The second-order valence-corrected chi connectivity index (χ2v) is 5.32. The highest BCUT2D eigenvalue weighted by molar-refractivity contribution is 6.15. The first-order chi connectivity index (χ1) is 11.7. The molecule has 0 radical (unpaired) electrons. The molecule has 3 aromatic rings. The maximum absolute atomic E-state index is 5.93. The number of rotatable bonds is 6. The normalized spacial score (nSPS) is 10.8. The number of hydrogen-bond acceptors (Lipinski definition) is 4. The molecule has 24 heavy (non-hydrogen) atoms. The van der Waals surface area contributed by atoms with Gasteiger partial charge in [0.1, 0.15) is 0 Å². The van der Waals surface area contributed by atoms with Crippen molar-refractivity contribution in [1.82, 2.24) is 0 Å². The van der Waals surface area contributed by atoms with Crippen molar-refractivity contribution in [3.05, 3.63) is 36.4 Å². The molecule has 0 saturated carbocycles. The third-order valence-electron chi connectivity index (χ3n) is 4.02. The minimum atomic E-state index is 0.555. The van der Waals surface area contributed by atoms with E-state index in [1.165, 1.54) is 0 Å². The molecule has 3 aromatic carbocycles. The summed E-state index contributed by atoms with van der Waals surface area (Å²) in [5, 5.41) is 4.11. The van der Waals surface area contributed by atoms with E-state index in [0.717, 1.165) is 33.0 Å². The van der Waals surface area contributed by atoms with Gasteiger partial charge in [0.05, 0.1) is 27.4 Å². The Morgan fingerprint density at radius 2 is 1.00 bits per heavy atom. The lowest BCUT2D eigenvalue weighted by molar-refractivity contribution is 0.312. The van der Waals surface area contributed by atoms with Crippen molar-refractivity contribution in [3.8, 4) is 23.0 Å². The van der Waals surface area contributed by atoms with Crippen molar-refractivity contribution in [1.29, 1.82) is 0 Å². The Morgan fingerprint density at radius 3 is 1.33 bits per heavy atom. The summed E-state index contributed by atoms with van der Waals surface area (Å²) < 4.78 is 22.9. The summed E-state index contributed by atoms with van der Waals surface area (Å²) in [4.78, 5) is 0. The van der Waals surface area contributed by atoms with Gasteiger partial charge in [0.25, 0.3) is 0 Å². The van der Waals surface area contributed by atoms with Gasteiger partial charge >= 0.3 is 0 Å². The highest BCUT2D eigenvalue weighted by Gasteiger charge is 2.18. The quantitative estimate of drug-likeness (QED) is 0.609. The SMILES string of the molecule is CCOc1c(OC)ccc2ccc3ccc(OC)c(OCC)c3c12. The van der Waals surface area contributed by atoms with Crippen LogP contribution in [0.4, 0.5) is 0 Å².